The number of fused-ring (bicyclic) bond motifs is 1. The maximum absolute atomic E-state index is 5.89. The molecule has 1 aromatic carbocycles. The summed E-state index contributed by atoms with van der Waals surface area (Å²) in [6, 6.07) is 9.89. The number of nitrogens with two attached hydrogens (primary N) is 1. The van der Waals surface area contributed by atoms with E-state index in [4.69, 9.17) is 22.9 Å². The molecule has 0 atom stereocenters. The Bertz CT molecular complexity index is 864. The smallest absolute Gasteiger partial charge is 0.164 e. The van der Waals surface area contributed by atoms with Crippen molar-refractivity contribution in [2.24, 2.45) is 5.73 Å². The quantitative estimate of drug-likeness (QED) is 0.739. The summed E-state index contributed by atoms with van der Waals surface area (Å²) in [5.41, 5.74) is 10.7. The second-order valence-corrected chi connectivity index (χ2v) is 5.56. The zero-order valence-corrected chi connectivity index (χ0v) is 13.0. The minimum atomic E-state index is 0.327. The minimum Gasteiger partial charge on any atom is -0.389 e. The van der Waals surface area contributed by atoms with Gasteiger partial charge in [0.1, 0.15) is 4.99 Å². The summed E-state index contributed by atoms with van der Waals surface area (Å²) in [6.45, 7) is 6.06. The Morgan fingerprint density at radius 3 is 2.52 bits per heavy atom. The number of aryl methyl sites for hydroxylation is 1. The molecule has 2 heterocycles. The number of aromatic nitrogens is 3. The van der Waals surface area contributed by atoms with Crippen LogP contribution in [0.5, 0.6) is 0 Å². The van der Waals surface area contributed by atoms with Crippen LogP contribution in [0.3, 0.4) is 0 Å². The highest BCUT2D eigenvalue weighted by atomic mass is 32.1. The molecule has 0 bridgehead atoms. The second kappa shape index (κ2) is 4.93. The topological polar surface area (TPSA) is 56.7 Å². The normalized spacial score (nSPS) is 11.0. The summed E-state index contributed by atoms with van der Waals surface area (Å²) in [4.78, 5) is 5.04. The number of benzene rings is 1. The third kappa shape index (κ3) is 2.19. The van der Waals surface area contributed by atoms with Crippen LogP contribution in [0.1, 0.15) is 22.5 Å². The summed E-state index contributed by atoms with van der Waals surface area (Å²) in [6.07, 6.45) is 0. The van der Waals surface area contributed by atoms with Crippen LogP contribution in [0.4, 0.5) is 0 Å². The van der Waals surface area contributed by atoms with Crippen molar-refractivity contribution in [3.05, 3.63) is 52.8 Å². The van der Waals surface area contributed by atoms with Gasteiger partial charge in [-0.15, -0.1) is 0 Å². The number of nitrogens with zero attached hydrogens (tertiary/aromatic N) is 3. The summed E-state index contributed by atoms with van der Waals surface area (Å²) >= 11 is 5.19. The molecule has 3 rings (SSSR count). The molecule has 3 aromatic rings. The molecule has 5 heteroatoms. The van der Waals surface area contributed by atoms with E-state index in [2.05, 4.69) is 12.0 Å². The van der Waals surface area contributed by atoms with E-state index in [0.29, 0.717) is 10.8 Å². The van der Waals surface area contributed by atoms with Gasteiger partial charge in [0.05, 0.1) is 16.8 Å². The van der Waals surface area contributed by atoms with E-state index >= 15 is 0 Å². The Morgan fingerprint density at radius 2 is 1.90 bits per heavy atom. The van der Waals surface area contributed by atoms with Crippen molar-refractivity contribution in [1.29, 1.82) is 0 Å². The first-order chi connectivity index (χ1) is 9.99. The number of thiocarbonyl (C=S) groups is 1. The van der Waals surface area contributed by atoms with Crippen LogP contribution in [0.2, 0.25) is 0 Å². The average Bonchev–Trinajstić information content (AvgIpc) is 2.73. The molecule has 0 saturated carbocycles. The lowest BCUT2D eigenvalue weighted by Gasteiger charge is -2.11. The highest BCUT2D eigenvalue weighted by molar-refractivity contribution is 7.80. The van der Waals surface area contributed by atoms with Crippen LogP contribution in [0.25, 0.3) is 16.7 Å². The van der Waals surface area contributed by atoms with E-state index in [1.165, 1.54) is 0 Å². The molecule has 0 fully saturated rings. The second-order valence-electron chi connectivity index (χ2n) is 5.12. The first kappa shape index (κ1) is 13.7. The van der Waals surface area contributed by atoms with Crippen LogP contribution >= 0.6 is 12.2 Å². The molecule has 2 N–H and O–H groups in total. The van der Waals surface area contributed by atoms with E-state index in [1.54, 1.807) is 0 Å². The lowest BCUT2D eigenvalue weighted by atomic mass is 10.1. The number of hydrogen-bond acceptors (Lipinski definition) is 3. The molecule has 0 radical (unpaired) electrons. The molecule has 0 amide bonds. The number of rotatable bonds is 2. The Hall–Kier alpha value is -2.27. The van der Waals surface area contributed by atoms with E-state index in [1.807, 2.05) is 48.9 Å². The van der Waals surface area contributed by atoms with Crippen molar-refractivity contribution in [2.75, 3.05) is 0 Å². The van der Waals surface area contributed by atoms with Crippen LogP contribution in [0, 0.1) is 20.8 Å². The predicted molar refractivity (Wildman–Crippen MR) is 89.0 cm³/mol. The molecule has 4 nitrogen and oxygen atoms in total. The first-order valence-corrected chi connectivity index (χ1v) is 7.12. The fraction of sp³-hybridized carbons (Fsp3) is 0.188. The largest absolute Gasteiger partial charge is 0.389 e. The number of para-hydroxylation sites is 1. The Labute approximate surface area is 128 Å². The zero-order valence-electron chi connectivity index (χ0n) is 12.2. The summed E-state index contributed by atoms with van der Waals surface area (Å²) in [5.74, 6) is 0.690. The molecule has 0 saturated heterocycles. The molecule has 21 heavy (non-hydrogen) atoms. The third-order valence-electron chi connectivity index (χ3n) is 3.82. The lowest BCUT2D eigenvalue weighted by molar-refractivity contribution is 0.808. The number of pyridine rings is 1. The Kier molecular flexibility index (Phi) is 3.22. The van der Waals surface area contributed by atoms with Gasteiger partial charge in [-0.1, -0.05) is 30.4 Å². The van der Waals surface area contributed by atoms with E-state index in [-0.39, 0.29) is 0 Å². The Morgan fingerprint density at radius 1 is 1.19 bits per heavy atom. The highest BCUT2D eigenvalue weighted by Crippen LogP contribution is 2.22. The lowest BCUT2D eigenvalue weighted by Crippen LogP contribution is -2.16. The van der Waals surface area contributed by atoms with Crippen molar-refractivity contribution in [3.8, 4) is 5.82 Å². The van der Waals surface area contributed by atoms with Gasteiger partial charge in [-0.05, 0) is 38.5 Å². The highest BCUT2D eigenvalue weighted by Gasteiger charge is 2.16. The van der Waals surface area contributed by atoms with Gasteiger partial charge in [-0.25, -0.2) is 9.67 Å². The van der Waals surface area contributed by atoms with Crippen LogP contribution < -0.4 is 5.73 Å². The van der Waals surface area contributed by atoms with Gasteiger partial charge in [0, 0.05) is 11.1 Å². The molecule has 0 unspecified atom stereocenters. The first-order valence-electron chi connectivity index (χ1n) is 6.72. The predicted octanol–water partition coefficient (Wildman–Crippen LogP) is 2.98. The van der Waals surface area contributed by atoms with Gasteiger partial charge in [-0.3, -0.25) is 0 Å². The van der Waals surface area contributed by atoms with Crippen molar-refractivity contribution in [1.82, 2.24) is 14.8 Å². The van der Waals surface area contributed by atoms with Crippen molar-refractivity contribution < 1.29 is 0 Å². The summed E-state index contributed by atoms with van der Waals surface area (Å²) in [7, 11) is 0. The van der Waals surface area contributed by atoms with Gasteiger partial charge in [0.2, 0.25) is 0 Å². The fourth-order valence-electron chi connectivity index (χ4n) is 2.38. The molecule has 2 aromatic heterocycles. The molecular weight excluding hydrogens is 280 g/mol. The van der Waals surface area contributed by atoms with Crippen molar-refractivity contribution in [3.63, 3.8) is 0 Å². The van der Waals surface area contributed by atoms with Gasteiger partial charge in [0.15, 0.2) is 5.82 Å². The third-order valence-corrected chi connectivity index (χ3v) is 4.04. The zero-order chi connectivity index (χ0) is 15.1. The fourth-order valence-corrected chi connectivity index (χ4v) is 2.53. The molecule has 106 valence electrons. The van der Waals surface area contributed by atoms with Gasteiger partial charge >= 0.3 is 0 Å². The van der Waals surface area contributed by atoms with Gasteiger partial charge in [0.25, 0.3) is 0 Å². The van der Waals surface area contributed by atoms with Crippen LogP contribution in [-0.4, -0.2) is 19.8 Å². The van der Waals surface area contributed by atoms with E-state index in [0.717, 1.165) is 33.4 Å². The van der Waals surface area contributed by atoms with E-state index in [9.17, 15) is 0 Å². The molecule has 0 spiro atoms. The van der Waals surface area contributed by atoms with Crippen molar-refractivity contribution >= 4 is 28.1 Å². The van der Waals surface area contributed by atoms with E-state index < -0.39 is 0 Å². The SMILES string of the molecule is Cc1nn(-c2nc3ccccc3cc2C(N)=S)c(C)c1C. The van der Waals surface area contributed by atoms with Crippen LogP contribution in [0.15, 0.2) is 30.3 Å². The van der Waals surface area contributed by atoms with Gasteiger partial charge in [-0.2, -0.15) is 5.10 Å². The monoisotopic (exact) mass is 296 g/mol. The summed E-state index contributed by atoms with van der Waals surface area (Å²) < 4.78 is 1.82. The molecule has 0 aliphatic heterocycles. The maximum atomic E-state index is 5.89. The number of hydrogen-bond donors (Lipinski definition) is 1. The molecule has 0 aliphatic carbocycles. The molecule has 0 aliphatic rings. The van der Waals surface area contributed by atoms with Crippen molar-refractivity contribution in [2.45, 2.75) is 20.8 Å². The average molecular weight is 296 g/mol. The molecular formula is C16H16N4S. The maximum Gasteiger partial charge on any atom is 0.164 e. The van der Waals surface area contributed by atoms with Gasteiger partial charge < -0.3 is 5.73 Å². The minimum absolute atomic E-state index is 0.327. The Balaban J connectivity index is 2.36. The summed E-state index contributed by atoms with van der Waals surface area (Å²) in [5, 5.41) is 5.58. The standard InChI is InChI=1S/C16H16N4S/c1-9-10(2)19-20(11(9)3)16-13(15(17)21)8-12-6-4-5-7-14(12)18-16/h4-8H,1-3H3,(H2,17,21). The van der Waals surface area contributed by atoms with Crippen LogP contribution in [-0.2, 0) is 0 Å².